The summed E-state index contributed by atoms with van der Waals surface area (Å²) >= 11 is 4.40. The summed E-state index contributed by atoms with van der Waals surface area (Å²) in [5.74, 6) is 2.34. The van der Waals surface area contributed by atoms with Crippen LogP contribution in [0.3, 0.4) is 0 Å². The van der Waals surface area contributed by atoms with Gasteiger partial charge in [-0.05, 0) is 25.3 Å². The van der Waals surface area contributed by atoms with Gasteiger partial charge < -0.3 is 5.32 Å². The van der Waals surface area contributed by atoms with Gasteiger partial charge in [-0.15, -0.1) is 0 Å². The smallest absolute Gasteiger partial charge is 0.0297 e. The summed E-state index contributed by atoms with van der Waals surface area (Å²) in [5.41, 5.74) is 0. The Balaban J connectivity index is 1.90. The lowest BCUT2D eigenvalue weighted by Crippen LogP contribution is -2.44. The molecule has 1 saturated heterocycles. The predicted octanol–water partition coefficient (Wildman–Crippen LogP) is 3.00. The van der Waals surface area contributed by atoms with Crippen LogP contribution in [0, 0.1) is 5.92 Å². The van der Waals surface area contributed by atoms with E-state index in [0.29, 0.717) is 0 Å². The van der Waals surface area contributed by atoms with E-state index in [1.807, 2.05) is 0 Å². The molecule has 1 aliphatic heterocycles. The van der Waals surface area contributed by atoms with E-state index < -0.39 is 0 Å². The van der Waals surface area contributed by atoms with Gasteiger partial charge in [-0.2, -0.15) is 23.5 Å². The Bertz CT molecular complexity index is 206. The van der Waals surface area contributed by atoms with Crippen molar-refractivity contribution in [1.29, 1.82) is 0 Å². The van der Waals surface area contributed by atoms with Crippen LogP contribution in [-0.2, 0) is 0 Å². The maximum Gasteiger partial charge on any atom is 0.0297 e. The molecule has 88 valence electrons. The summed E-state index contributed by atoms with van der Waals surface area (Å²) < 4.78 is 0. The number of hydrogen-bond donors (Lipinski definition) is 1. The second-order valence-electron chi connectivity index (χ2n) is 4.84. The molecule has 0 aromatic carbocycles. The van der Waals surface area contributed by atoms with Crippen LogP contribution in [0.15, 0.2) is 0 Å². The van der Waals surface area contributed by atoms with Crippen molar-refractivity contribution in [3.05, 3.63) is 0 Å². The Kier molecular flexibility index (Phi) is 4.31. The van der Waals surface area contributed by atoms with Crippen molar-refractivity contribution in [2.75, 3.05) is 12.3 Å². The molecule has 0 radical (unpaired) electrons. The molecule has 2 fully saturated rings. The van der Waals surface area contributed by atoms with E-state index >= 15 is 0 Å². The van der Waals surface area contributed by atoms with E-state index in [2.05, 4.69) is 49.6 Å². The zero-order valence-electron chi connectivity index (χ0n) is 10.0. The Morgan fingerprint density at radius 1 is 1.27 bits per heavy atom. The molecule has 4 unspecified atom stereocenters. The zero-order chi connectivity index (χ0) is 10.8. The van der Waals surface area contributed by atoms with E-state index in [1.54, 1.807) is 0 Å². The van der Waals surface area contributed by atoms with E-state index in [1.165, 1.54) is 18.6 Å². The lowest BCUT2D eigenvalue weighted by Gasteiger charge is -2.36. The molecule has 1 aliphatic carbocycles. The molecule has 2 aliphatic rings. The van der Waals surface area contributed by atoms with Crippen molar-refractivity contribution >= 4 is 23.5 Å². The largest absolute Gasteiger partial charge is 0.313 e. The van der Waals surface area contributed by atoms with Crippen LogP contribution in [0.1, 0.15) is 33.6 Å². The molecule has 0 aromatic heterocycles. The highest BCUT2D eigenvalue weighted by Gasteiger charge is 2.39. The summed E-state index contributed by atoms with van der Waals surface area (Å²) in [6.45, 7) is 8.14. The van der Waals surface area contributed by atoms with Gasteiger partial charge in [0.05, 0.1) is 0 Å². The fraction of sp³-hybridized carbons (Fsp3) is 1.00. The monoisotopic (exact) mass is 245 g/mol. The molecular formula is C12H23NS2. The molecule has 2 rings (SSSR count). The van der Waals surface area contributed by atoms with E-state index in [9.17, 15) is 0 Å². The highest BCUT2D eigenvalue weighted by atomic mass is 32.2. The molecule has 3 heteroatoms. The second-order valence-corrected chi connectivity index (χ2v) is 7.87. The van der Waals surface area contributed by atoms with Gasteiger partial charge in [0.1, 0.15) is 0 Å². The maximum atomic E-state index is 3.72. The molecule has 4 atom stereocenters. The van der Waals surface area contributed by atoms with Crippen LogP contribution in [0.25, 0.3) is 0 Å². The van der Waals surface area contributed by atoms with Crippen molar-refractivity contribution in [2.45, 2.75) is 55.4 Å². The summed E-state index contributed by atoms with van der Waals surface area (Å²) in [5, 5.41) is 6.24. The molecule has 1 nitrogen and oxygen atoms in total. The van der Waals surface area contributed by atoms with Crippen LogP contribution in [-0.4, -0.2) is 34.1 Å². The summed E-state index contributed by atoms with van der Waals surface area (Å²) in [6, 6.07) is 0.794. The molecule has 0 bridgehead atoms. The molecule has 0 spiro atoms. The van der Waals surface area contributed by atoms with Gasteiger partial charge >= 0.3 is 0 Å². The Morgan fingerprint density at radius 2 is 2.00 bits per heavy atom. The Morgan fingerprint density at radius 3 is 2.53 bits per heavy atom. The van der Waals surface area contributed by atoms with Crippen molar-refractivity contribution in [3.8, 4) is 0 Å². The van der Waals surface area contributed by atoms with Gasteiger partial charge in [0.2, 0.25) is 0 Å². The number of hydrogen-bond acceptors (Lipinski definition) is 3. The third kappa shape index (κ3) is 3.07. The standard InChI is InChI=1S/C12H23NS2/c1-4-13-12(10-5-6-10)11-7-14-8(2)9(3)15-11/h8-13H,4-7H2,1-3H3. The van der Waals surface area contributed by atoms with Crippen LogP contribution in [0.2, 0.25) is 0 Å². The first-order valence-electron chi connectivity index (χ1n) is 6.22. The topological polar surface area (TPSA) is 12.0 Å². The van der Waals surface area contributed by atoms with Gasteiger partial charge in [-0.1, -0.05) is 20.8 Å². The first-order valence-corrected chi connectivity index (χ1v) is 8.22. The van der Waals surface area contributed by atoms with Gasteiger partial charge in [-0.3, -0.25) is 0 Å². The van der Waals surface area contributed by atoms with Crippen molar-refractivity contribution in [3.63, 3.8) is 0 Å². The van der Waals surface area contributed by atoms with E-state index in [4.69, 9.17) is 0 Å². The average Bonchev–Trinajstić information content (AvgIpc) is 3.02. The van der Waals surface area contributed by atoms with Crippen LogP contribution in [0.5, 0.6) is 0 Å². The van der Waals surface area contributed by atoms with Crippen molar-refractivity contribution in [1.82, 2.24) is 5.32 Å². The Hall–Kier alpha value is 0.660. The zero-order valence-corrected chi connectivity index (χ0v) is 11.7. The molecule has 1 heterocycles. The minimum Gasteiger partial charge on any atom is -0.313 e. The van der Waals surface area contributed by atoms with Gasteiger partial charge in [0, 0.05) is 27.5 Å². The highest BCUT2D eigenvalue weighted by molar-refractivity contribution is 8.07. The van der Waals surface area contributed by atoms with Crippen LogP contribution in [0.4, 0.5) is 0 Å². The maximum absolute atomic E-state index is 3.72. The minimum atomic E-state index is 0.794. The van der Waals surface area contributed by atoms with Gasteiger partial charge in [-0.25, -0.2) is 0 Å². The fourth-order valence-electron chi connectivity index (χ4n) is 2.29. The number of nitrogens with one attached hydrogen (secondary N) is 1. The SMILES string of the molecule is CCNC(C1CC1)C1CSC(C)C(C)S1. The molecule has 1 saturated carbocycles. The Labute approximate surface area is 103 Å². The minimum absolute atomic E-state index is 0.794. The first kappa shape index (κ1) is 12.1. The van der Waals surface area contributed by atoms with Crippen LogP contribution >= 0.6 is 23.5 Å². The van der Waals surface area contributed by atoms with E-state index in [0.717, 1.165) is 34.3 Å². The van der Waals surface area contributed by atoms with Crippen molar-refractivity contribution < 1.29 is 0 Å². The normalized spacial score (nSPS) is 39.0. The lowest BCUT2D eigenvalue weighted by molar-refractivity contribution is 0.472. The first-order chi connectivity index (χ1) is 7.22. The highest BCUT2D eigenvalue weighted by Crippen LogP contribution is 2.43. The number of rotatable bonds is 4. The van der Waals surface area contributed by atoms with Crippen LogP contribution < -0.4 is 5.32 Å². The summed E-state index contributed by atoms with van der Waals surface area (Å²) in [6.07, 6.45) is 2.92. The quantitative estimate of drug-likeness (QED) is 0.818. The lowest BCUT2D eigenvalue weighted by atomic mass is 10.1. The average molecular weight is 245 g/mol. The molecule has 1 N–H and O–H groups in total. The second kappa shape index (κ2) is 5.33. The molecule has 15 heavy (non-hydrogen) atoms. The molecule has 0 amide bonds. The number of thioether (sulfide) groups is 2. The molecular weight excluding hydrogens is 222 g/mol. The fourth-order valence-corrected chi connectivity index (χ4v) is 5.50. The summed E-state index contributed by atoms with van der Waals surface area (Å²) in [4.78, 5) is 0. The van der Waals surface area contributed by atoms with E-state index in [-0.39, 0.29) is 0 Å². The third-order valence-electron chi connectivity index (χ3n) is 3.54. The van der Waals surface area contributed by atoms with Gasteiger partial charge in [0.25, 0.3) is 0 Å². The third-order valence-corrected chi connectivity index (χ3v) is 7.06. The summed E-state index contributed by atoms with van der Waals surface area (Å²) in [7, 11) is 0. The predicted molar refractivity (Wildman–Crippen MR) is 72.9 cm³/mol. The molecule has 0 aromatic rings. The van der Waals surface area contributed by atoms with Crippen molar-refractivity contribution in [2.24, 2.45) is 5.92 Å². The van der Waals surface area contributed by atoms with Gasteiger partial charge in [0.15, 0.2) is 0 Å².